The summed E-state index contributed by atoms with van der Waals surface area (Å²) < 4.78 is 17.6. The molecule has 0 spiro atoms. The number of hydrogen-bond acceptors (Lipinski definition) is 10. The van der Waals surface area contributed by atoms with Crippen LogP contribution in [0.15, 0.2) is 60.8 Å². The van der Waals surface area contributed by atoms with Gasteiger partial charge in [0.15, 0.2) is 12.4 Å². The van der Waals surface area contributed by atoms with Gasteiger partial charge in [-0.05, 0) is 64.2 Å². The molecule has 6 N–H and O–H groups in total. The van der Waals surface area contributed by atoms with Gasteiger partial charge >= 0.3 is 5.97 Å². The molecular weight excluding hydrogens is 1010 g/mol. The van der Waals surface area contributed by atoms with Crippen molar-refractivity contribution in [3.63, 3.8) is 0 Å². The highest BCUT2D eigenvalue weighted by Crippen LogP contribution is 2.26. The fraction of sp³-hybridized carbons (Fsp3) is 0.829. The molecule has 11 nitrogen and oxygen atoms in total. The lowest BCUT2D eigenvalue weighted by molar-refractivity contribution is -0.305. The van der Waals surface area contributed by atoms with Gasteiger partial charge in [0.05, 0.1) is 25.4 Å². The minimum Gasteiger partial charge on any atom is -0.454 e. The number of aliphatic hydroxyl groups is 5. The average Bonchev–Trinajstić information content (AvgIpc) is 3.50. The summed E-state index contributed by atoms with van der Waals surface area (Å²) in [6.07, 6.45) is 62.9. The van der Waals surface area contributed by atoms with E-state index in [1.165, 1.54) is 193 Å². The van der Waals surface area contributed by atoms with Gasteiger partial charge in [0.2, 0.25) is 5.91 Å². The number of esters is 1. The third kappa shape index (κ3) is 45.4. The Hall–Kier alpha value is -2.64. The highest BCUT2D eigenvalue weighted by Gasteiger charge is 2.47. The van der Waals surface area contributed by atoms with E-state index in [1.807, 2.05) is 18.2 Å². The van der Waals surface area contributed by atoms with Crippen molar-refractivity contribution in [3.05, 3.63) is 60.8 Å². The van der Waals surface area contributed by atoms with Crippen molar-refractivity contribution in [1.29, 1.82) is 0 Å². The first-order valence-corrected chi connectivity index (χ1v) is 34.1. The van der Waals surface area contributed by atoms with Crippen LogP contribution in [0, 0.1) is 0 Å². The molecule has 1 aliphatic rings. The first-order chi connectivity index (χ1) is 39.7. The van der Waals surface area contributed by atoms with Crippen LogP contribution in [-0.2, 0) is 23.8 Å². The van der Waals surface area contributed by atoms with Crippen molar-refractivity contribution in [1.82, 2.24) is 5.32 Å². The molecule has 1 aliphatic heterocycles. The summed E-state index contributed by atoms with van der Waals surface area (Å²) in [5.41, 5.74) is 0. The molecule has 0 aromatic heterocycles. The van der Waals surface area contributed by atoms with Gasteiger partial charge in [-0.2, -0.15) is 0 Å². The third-order valence-corrected chi connectivity index (χ3v) is 15.9. The summed E-state index contributed by atoms with van der Waals surface area (Å²) in [6.45, 7) is 5.75. The maximum absolute atomic E-state index is 13.4. The number of allylic oxidation sites excluding steroid dienone is 9. The summed E-state index contributed by atoms with van der Waals surface area (Å²) in [7, 11) is 0. The smallest absolute Gasteiger partial charge is 0.306 e. The van der Waals surface area contributed by atoms with Crippen LogP contribution >= 0.6 is 0 Å². The molecule has 8 unspecified atom stereocenters. The minimum atomic E-state index is -1.62. The topological polar surface area (TPSA) is 175 Å². The molecule has 0 radical (unpaired) electrons. The van der Waals surface area contributed by atoms with E-state index in [9.17, 15) is 35.1 Å². The molecule has 81 heavy (non-hydrogen) atoms. The van der Waals surface area contributed by atoms with Gasteiger partial charge < -0.3 is 45.1 Å². The second kappa shape index (κ2) is 57.8. The van der Waals surface area contributed by atoms with E-state index in [0.29, 0.717) is 12.8 Å². The summed E-state index contributed by atoms with van der Waals surface area (Å²) in [5.74, 6) is -1.25. The van der Waals surface area contributed by atoms with E-state index < -0.39 is 67.4 Å². The monoisotopic (exact) mass is 1140 g/mol. The summed E-state index contributed by atoms with van der Waals surface area (Å²) >= 11 is 0. The van der Waals surface area contributed by atoms with Gasteiger partial charge in [-0.15, -0.1) is 0 Å². The molecule has 1 rings (SSSR count). The van der Waals surface area contributed by atoms with Crippen LogP contribution in [-0.4, -0.2) is 99.6 Å². The molecule has 1 amide bonds. The number of aliphatic hydroxyl groups excluding tert-OH is 5. The second-order valence-corrected chi connectivity index (χ2v) is 23.6. The molecule has 472 valence electrons. The Labute approximate surface area is 497 Å². The Balaban J connectivity index is 2.58. The van der Waals surface area contributed by atoms with Gasteiger partial charge in [0, 0.05) is 6.42 Å². The lowest BCUT2D eigenvalue weighted by Gasteiger charge is -2.41. The van der Waals surface area contributed by atoms with Gasteiger partial charge in [0.25, 0.3) is 0 Å². The Morgan fingerprint density at radius 1 is 0.481 bits per heavy atom. The number of carbonyl (C=O) groups is 2. The second-order valence-electron chi connectivity index (χ2n) is 23.6. The van der Waals surface area contributed by atoms with Crippen molar-refractivity contribution < 1.29 is 49.3 Å². The summed E-state index contributed by atoms with van der Waals surface area (Å²) in [5, 5.41) is 57.0. The molecule has 1 heterocycles. The van der Waals surface area contributed by atoms with E-state index in [2.05, 4.69) is 62.5 Å². The highest BCUT2D eigenvalue weighted by atomic mass is 16.7. The van der Waals surface area contributed by atoms with E-state index in [0.717, 1.165) is 70.6 Å². The maximum Gasteiger partial charge on any atom is 0.306 e. The van der Waals surface area contributed by atoms with E-state index >= 15 is 0 Å². The number of ether oxygens (including phenoxy) is 3. The van der Waals surface area contributed by atoms with Crippen LogP contribution in [0.5, 0.6) is 0 Å². The van der Waals surface area contributed by atoms with Crippen LogP contribution in [0.3, 0.4) is 0 Å². The molecule has 0 bridgehead atoms. The number of carbonyl (C=O) groups excluding carboxylic acids is 2. The lowest BCUT2D eigenvalue weighted by Crippen LogP contribution is -2.61. The molecule has 0 aromatic rings. The average molecular weight is 1140 g/mol. The van der Waals surface area contributed by atoms with Crippen molar-refractivity contribution in [2.75, 3.05) is 13.2 Å². The molecule has 0 aliphatic carbocycles. The molecule has 8 atom stereocenters. The van der Waals surface area contributed by atoms with Crippen LogP contribution < -0.4 is 5.32 Å². The van der Waals surface area contributed by atoms with Gasteiger partial charge in [-0.3, -0.25) is 9.59 Å². The molecule has 11 heteroatoms. The normalized spacial score (nSPS) is 19.0. The quantitative estimate of drug-likeness (QED) is 0.0195. The molecule has 0 saturated carbocycles. The number of unbranched alkanes of at least 4 members (excludes halogenated alkanes) is 36. The van der Waals surface area contributed by atoms with E-state index in [4.69, 9.17) is 14.2 Å². The Bertz CT molecular complexity index is 1550. The number of nitrogens with one attached hydrogen (secondary N) is 1. The zero-order chi connectivity index (χ0) is 58.9. The lowest BCUT2D eigenvalue weighted by atomic mass is 9.99. The summed E-state index contributed by atoms with van der Waals surface area (Å²) in [4.78, 5) is 26.6. The Morgan fingerprint density at radius 2 is 0.852 bits per heavy atom. The number of rotatable bonds is 58. The minimum absolute atomic E-state index is 0.120. The summed E-state index contributed by atoms with van der Waals surface area (Å²) in [6, 6.07) is -1.05. The molecule has 1 saturated heterocycles. The number of hydrogen-bond donors (Lipinski definition) is 6. The molecular formula is C70H127NO10. The van der Waals surface area contributed by atoms with Gasteiger partial charge in [-0.25, -0.2) is 0 Å². The molecule has 1 fully saturated rings. The predicted octanol–water partition coefficient (Wildman–Crippen LogP) is 17.0. The van der Waals surface area contributed by atoms with Crippen molar-refractivity contribution in [2.24, 2.45) is 0 Å². The standard InChI is InChI=1S/C70H127NO10/c1-4-7-10-13-16-19-22-24-26-28-29-30-31-32-33-34-35-36-38-40-43-46-49-52-55-58-65(75)81-68-67(77)66(76)64(59-72)80-70(68)79-60-61(62(73)56-53-50-47-44-41-21-18-15-12-9-6-3)71-69(78)63(74)57-54-51-48-45-42-39-37-27-25-23-20-17-14-11-8-5-2/h17,20,25,27,39,42,48,51,53,56,61-64,66-68,70,72-74,76-77H,4-16,18-19,21-24,26,28-38,40-41,43-47,49-50,52,54-55,57-60H2,1-3H3,(H,71,78)/b20-17-,27-25-,42-39-,51-48-,56-53+. The van der Waals surface area contributed by atoms with Crippen LogP contribution in [0.4, 0.5) is 0 Å². The van der Waals surface area contributed by atoms with Crippen molar-refractivity contribution in [2.45, 2.75) is 359 Å². The van der Waals surface area contributed by atoms with Gasteiger partial charge in [0.1, 0.15) is 24.4 Å². The first kappa shape index (κ1) is 76.4. The Kier molecular flexibility index (Phi) is 54.5. The van der Waals surface area contributed by atoms with E-state index in [1.54, 1.807) is 6.08 Å². The number of amides is 1. The SMILES string of the molecule is CCCCC/C=C\C/C=C\C/C=C\C/C=C\CCC(O)C(=O)NC(COC1OC(CO)C(O)C(O)C1OC(=O)CCCCCCCCCCCCCCCCCCCCCCCCCCC)C(O)/C=C/CCCCCCCCCCC. The van der Waals surface area contributed by atoms with Crippen molar-refractivity contribution >= 4 is 11.9 Å². The van der Waals surface area contributed by atoms with Crippen LogP contribution in [0.25, 0.3) is 0 Å². The van der Waals surface area contributed by atoms with Crippen LogP contribution in [0.1, 0.15) is 310 Å². The van der Waals surface area contributed by atoms with Gasteiger partial charge in [-0.1, -0.05) is 300 Å². The third-order valence-electron chi connectivity index (χ3n) is 15.9. The predicted molar refractivity (Wildman–Crippen MR) is 338 cm³/mol. The fourth-order valence-electron chi connectivity index (χ4n) is 10.5. The highest BCUT2D eigenvalue weighted by molar-refractivity contribution is 5.80. The van der Waals surface area contributed by atoms with Crippen molar-refractivity contribution in [3.8, 4) is 0 Å². The zero-order valence-electron chi connectivity index (χ0n) is 52.4. The fourth-order valence-corrected chi connectivity index (χ4v) is 10.5. The van der Waals surface area contributed by atoms with E-state index in [-0.39, 0.29) is 19.4 Å². The zero-order valence-corrected chi connectivity index (χ0v) is 52.4. The first-order valence-electron chi connectivity index (χ1n) is 34.1. The van der Waals surface area contributed by atoms with Crippen LogP contribution in [0.2, 0.25) is 0 Å². The largest absolute Gasteiger partial charge is 0.454 e. The maximum atomic E-state index is 13.4. The Morgan fingerprint density at radius 3 is 1.30 bits per heavy atom. The molecule has 0 aromatic carbocycles.